The molecule has 0 saturated heterocycles. The average molecular weight is 497 g/mol. The van der Waals surface area contributed by atoms with Crippen molar-refractivity contribution in [1.82, 2.24) is 0 Å². The van der Waals surface area contributed by atoms with E-state index in [9.17, 15) is 10.1 Å². The Bertz CT molecular complexity index is 1230. The van der Waals surface area contributed by atoms with Crippen LogP contribution >= 0.6 is 23.2 Å². The average Bonchev–Trinajstić information content (AvgIpc) is 2.84. The Morgan fingerprint density at radius 1 is 1.00 bits per heavy atom. The lowest BCUT2D eigenvalue weighted by atomic mass is 10.1. The molecule has 34 heavy (non-hydrogen) atoms. The Kier molecular flexibility index (Phi) is 8.80. The summed E-state index contributed by atoms with van der Waals surface area (Å²) in [7, 11) is 1.56. The smallest absolute Gasteiger partial charge is 0.266 e. The number of nitrogens with zero attached hydrogens (tertiary/aromatic N) is 1. The second kappa shape index (κ2) is 12.0. The van der Waals surface area contributed by atoms with Crippen molar-refractivity contribution in [1.29, 1.82) is 5.26 Å². The largest absolute Gasteiger partial charge is 0.497 e. The normalized spacial score (nSPS) is 10.9. The molecule has 0 fully saturated rings. The zero-order valence-electron chi connectivity index (χ0n) is 18.6. The molecule has 0 aromatic heterocycles. The van der Waals surface area contributed by atoms with Crippen molar-refractivity contribution in [2.24, 2.45) is 0 Å². The number of hydrogen-bond acceptors (Lipinski definition) is 5. The fourth-order valence-electron chi connectivity index (χ4n) is 2.98. The number of nitriles is 1. The van der Waals surface area contributed by atoms with Crippen molar-refractivity contribution >= 4 is 40.9 Å². The van der Waals surface area contributed by atoms with Gasteiger partial charge in [-0.25, -0.2) is 0 Å². The van der Waals surface area contributed by atoms with E-state index in [-0.39, 0.29) is 12.2 Å². The Balaban J connectivity index is 1.76. The van der Waals surface area contributed by atoms with Gasteiger partial charge in [0.05, 0.1) is 23.8 Å². The predicted molar refractivity (Wildman–Crippen MR) is 134 cm³/mol. The molecule has 0 saturated carbocycles. The van der Waals surface area contributed by atoms with Gasteiger partial charge in [-0.15, -0.1) is 0 Å². The molecule has 0 radical (unpaired) electrons. The Morgan fingerprint density at radius 2 is 1.76 bits per heavy atom. The molecule has 0 bridgehead atoms. The van der Waals surface area contributed by atoms with E-state index in [4.69, 9.17) is 37.4 Å². The molecule has 0 atom stereocenters. The highest BCUT2D eigenvalue weighted by molar-refractivity contribution is 6.42. The number of benzene rings is 3. The third-order valence-electron chi connectivity index (χ3n) is 4.67. The van der Waals surface area contributed by atoms with E-state index in [0.29, 0.717) is 45.2 Å². The molecule has 6 nitrogen and oxygen atoms in total. The van der Waals surface area contributed by atoms with E-state index >= 15 is 0 Å². The molecule has 0 aliphatic rings. The molecule has 0 heterocycles. The maximum atomic E-state index is 12.6. The summed E-state index contributed by atoms with van der Waals surface area (Å²) in [6.45, 7) is 2.54. The van der Waals surface area contributed by atoms with Crippen molar-refractivity contribution in [3.63, 3.8) is 0 Å². The number of methoxy groups -OCH3 is 1. The first-order valence-electron chi connectivity index (χ1n) is 10.3. The van der Waals surface area contributed by atoms with Gasteiger partial charge in [-0.3, -0.25) is 4.79 Å². The third-order valence-corrected chi connectivity index (χ3v) is 5.41. The van der Waals surface area contributed by atoms with Gasteiger partial charge in [-0.2, -0.15) is 5.26 Å². The van der Waals surface area contributed by atoms with Crippen LogP contribution in [0.15, 0.2) is 66.2 Å². The van der Waals surface area contributed by atoms with Crippen molar-refractivity contribution in [2.75, 3.05) is 19.0 Å². The highest BCUT2D eigenvalue weighted by Crippen LogP contribution is 2.31. The number of ether oxygens (including phenoxy) is 3. The van der Waals surface area contributed by atoms with Crippen LogP contribution in [0.1, 0.15) is 18.1 Å². The number of halogens is 2. The van der Waals surface area contributed by atoms with Gasteiger partial charge >= 0.3 is 0 Å². The van der Waals surface area contributed by atoms with Crippen LogP contribution in [-0.4, -0.2) is 19.6 Å². The molecule has 3 rings (SSSR count). The second-order valence-electron chi connectivity index (χ2n) is 7.03. The monoisotopic (exact) mass is 496 g/mol. The first kappa shape index (κ1) is 25.0. The summed E-state index contributed by atoms with van der Waals surface area (Å²) in [6.07, 6.45) is 1.49. The second-order valence-corrected chi connectivity index (χ2v) is 7.84. The molecule has 3 aromatic rings. The molecule has 0 unspecified atom stereocenters. The standard InChI is InChI=1S/C26H22Cl2N2O4/c1-3-33-25-14-17(5-11-24(25)34-16-18-4-10-22(27)23(28)13-18)12-19(15-29)26(31)30-20-6-8-21(32-2)9-7-20/h4-14H,3,16H2,1-2H3,(H,30,31)/b19-12-. The van der Waals surface area contributed by atoms with Gasteiger partial charge in [0.1, 0.15) is 24.0 Å². The highest BCUT2D eigenvalue weighted by atomic mass is 35.5. The maximum absolute atomic E-state index is 12.6. The van der Waals surface area contributed by atoms with E-state index in [2.05, 4.69) is 5.32 Å². The molecule has 8 heteroatoms. The fraction of sp³-hybridized carbons (Fsp3) is 0.154. The van der Waals surface area contributed by atoms with Crippen LogP contribution in [0.3, 0.4) is 0 Å². The van der Waals surface area contributed by atoms with Crippen molar-refractivity contribution in [2.45, 2.75) is 13.5 Å². The Morgan fingerprint density at radius 3 is 2.41 bits per heavy atom. The summed E-state index contributed by atoms with van der Waals surface area (Å²) < 4.78 is 16.7. The van der Waals surface area contributed by atoms with E-state index < -0.39 is 5.91 Å². The quantitative estimate of drug-likeness (QED) is 0.269. The van der Waals surface area contributed by atoms with Gasteiger partial charge in [0.25, 0.3) is 5.91 Å². The molecule has 1 amide bonds. The van der Waals surface area contributed by atoms with Crippen LogP contribution in [0.2, 0.25) is 10.0 Å². The number of rotatable bonds is 9. The molecular weight excluding hydrogens is 475 g/mol. The van der Waals surface area contributed by atoms with Crippen LogP contribution in [0.4, 0.5) is 5.69 Å². The third kappa shape index (κ3) is 6.67. The SMILES string of the molecule is CCOc1cc(/C=C(/C#N)C(=O)Nc2ccc(OC)cc2)ccc1OCc1ccc(Cl)c(Cl)c1. The number of hydrogen-bond donors (Lipinski definition) is 1. The first-order chi connectivity index (χ1) is 16.4. The summed E-state index contributed by atoms with van der Waals surface area (Å²) in [4.78, 5) is 12.6. The molecule has 0 aliphatic carbocycles. The highest BCUT2D eigenvalue weighted by Gasteiger charge is 2.12. The molecule has 1 N–H and O–H groups in total. The summed E-state index contributed by atoms with van der Waals surface area (Å²) in [5.41, 5.74) is 1.96. The lowest BCUT2D eigenvalue weighted by molar-refractivity contribution is -0.112. The summed E-state index contributed by atoms with van der Waals surface area (Å²) in [6, 6.07) is 19.2. The maximum Gasteiger partial charge on any atom is 0.266 e. The van der Waals surface area contributed by atoms with Gasteiger partial charge in [0.15, 0.2) is 11.5 Å². The number of amides is 1. The van der Waals surface area contributed by atoms with Crippen molar-refractivity contribution in [3.8, 4) is 23.3 Å². The lowest BCUT2D eigenvalue weighted by Gasteiger charge is -2.13. The summed E-state index contributed by atoms with van der Waals surface area (Å²) in [5, 5.41) is 13.1. The van der Waals surface area contributed by atoms with Crippen LogP contribution in [0.5, 0.6) is 17.2 Å². The molecule has 3 aromatic carbocycles. The van der Waals surface area contributed by atoms with Gasteiger partial charge in [-0.1, -0.05) is 35.3 Å². The molecule has 174 valence electrons. The Labute approximate surface area is 208 Å². The minimum absolute atomic E-state index is 0.0530. The van der Waals surface area contributed by atoms with Crippen LogP contribution in [-0.2, 0) is 11.4 Å². The predicted octanol–water partition coefficient (Wildman–Crippen LogP) is 6.53. The van der Waals surface area contributed by atoms with Crippen LogP contribution < -0.4 is 19.5 Å². The van der Waals surface area contributed by atoms with Gasteiger partial charge < -0.3 is 19.5 Å². The molecule has 0 spiro atoms. The fourth-order valence-corrected chi connectivity index (χ4v) is 3.30. The zero-order chi connectivity index (χ0) is 24.5. The number of anilines is 1. The van der Waals surface area contributed by atoms with Crippen LogP contribution in [0.25, 0.3) is 6.08 Å². The molecule has 0 aliphatic heterocycles. The van der Waals surface area contributed by atoms with Gasteiger partial charge in [0, 0.05) is 5.69 Å². The van der Waals surface area contributed by atoms with Gasteiger partial charge in [-0.05, 0) is 72.7 Å². The molecular formula is C26H22Cl2N2O4. The topological polar surface area (TPSA) is 80.6 Å². The van der Waals surface area contributed by atoms with Crippen molar-refractivity contribution < 1.29 is 19.0 Å². The Hall–Kier alpha value is -3.66. The summed E-state index contributed by atoms with van der Waals surface area (Å²) in [5.74, 6) is 1.15. The minimum atomic E-state index is -0.523. The van der Waals surface area contributed by atoms with E-state index in [1.54, 1.807) is 61.7 Å². The lowest BCUT2D eigenvalue weighted by Crippen LogP contribution is -2.13. The first-order valence-corrected chi connectivity index (χ1v) is 11.1. The zero-order valence-corrected chi connectivity index (χ0v) is 20.1. The number of carbonyl (C=O) groups excluding carboxylic acids is 1. The van der Waals surface area contributed by atoms with Crippen LogP contribution in [0, 0.1) is 11.3 Å². The van der Waals surface area contributed by atoms with Crippen molar-refractivity contribution in [3.05, 3.63) is 87.4 Å². The van der Waals surface area contributed by atoms with E-state index in [1.807, 2.05) is 19.1 Å². The number of nitrogens with one attached hydrogen (secondary N) is 1. The number of carbonyl (C=O) groups is 1. The van der Waals surface area contributed by atoms with E-state index in [1.165, 1.54) is 6.08 Å². The van der Waals surface area contributed by atoms with Gasteiger partial charge in [0.2, 0.25) is 0 Å². The van der Waals surface area contributed by atoms with E-state index in [0.717, 1.165) is 5.56 Å². The minimum Gasteiger partial charge on any atom is -0.497 e. The summed E-state index contributed by atoms with van der Waals surface area (Å²) >= 11 is 12.0.